The van der Waals surface area contributed by atoms with Crippen molar-refractivity contribution in [3.63, 3.8) is 0 Å². The van der Waals surface area contributed by atoms with Crippen LogP contribution in [0.5, 0.6) is 0 Å². The zero-order chi connectivity index (χ0) is 13.0. The second-order valence-electron chi connectivity index (χ2n) is 4.33. The van der Waals surface area contributed by atoms with Crippen LogP contribution < -0.4 is 10.2 Å². The summed E-state index contributed by atoms with van der Waals surface area (Å²) in [7, 11) is 1.33. The molecule has 1 aliphatic rings. The number of carbonyl (C=O) groups excluding carboxylic acids is 1. The number of amides is 1. The van der Waals surface area contributed by atoms with Gasteiger partial charge < -0.3 is 9.64 Å². The highest BCUT2D eigenvalue weighted by atomic mass is 35.5. The zero-order valence-corrected chi connectivity index (χ0v) is 11.2. The predicted molar refractivity (Wildman–Crippen MR) is 73.5 cm³/mol. The van der Waals surface area contributed by atoms with Crippen LogP contribution in [0.15, 0.2) is 18.2 Å². The maximum Gasteiger partial charge on any atom is 0.411 e. The SMILES string of the molecule is COC(=O)Nc1cc(N2CCCCC2)ccc1Cl. The topological polar surface area (TPSA) is 41.6 Å². The number of carbonyl (C=O) groups is 1. The number of hydrogen-bond acceptors (Lipinski definition) is 3. The standard InChI is InChI=1S/C13H17ClN2O2/c1-18-13(17)15-12-9-10(5-6-11(12)14)16-7-3-2-4-8-16/h5-6,9H,2-4,7-8H2,1H3,(H,15,17). The second kappa shape index (κ2) is 5.96. The monoisotopic (exact) mass is 268 g/mol. The molecule has 0 aliphatic carbocycles. The Balaban J connectivity index is 2.16. The van der Waals surface area contributed by atoms with Gasteiger partial charge in [-0.2, -0.15) is 0 Å². The molecule has 1 aliphatic heterocycles. The van der Waals surface area contributed by atoms with Gasteiger partial charge >= 0.3 is 6.09 Å². The summed E-state index contributed by atoms with van der Waals surface area (Å²) in [5.74, 6) is 0. The Hall–Kier alpha value is -1.42. The van der Waals surface area contributed by atoms with Gasteiger partial charge in [-0.3, -0.25) is 5.32 Å². The first-order valence-corrected chi connectivity index (χ1v) is 6.48. The van der Waals surface area contributed by atoms with E-state index in [1.54, 1.807) is 6.07 Å². The Labute approximate surface area is 112 Å². The minimum atomic E-state index is -0.507. The van der Waals surface area contributed by atoms with Crippen LogP contribution in [0, 0.1) is 0 Å². The molecule has 1 aromatic carbocycles. The first-order chi connectivity index (χ1) is 8.70. The lowest BCUT2D eigenvalue weighted by Gasteiger charge is -2.29. The highest BCUT2D eigenvalue weighted by Crippen LogP contribution is 2.29. The van der Waals surface area contributed by atoms with E-state index in [2.05, 4.69) is 15.0 Å². The first kappa shape index (κ1) is 13.0. The number of hydrogen-bond donors (Lipinski definition) is 1. The molecule has 1 N–H and O–H groups in total. The summed E-state index contributed by atoms with van der Waals surface area (Å²) < 4.78 is 4.57. The van der Waals surface area contributed by atoms with Crippen molar-refractivity contribution >= 4 is 29.1 Å². The van der Waals surface area contributed by atoms with E-state index < -0.39 is 6.09 Å². The molecule has 0 spiro atoms. The number of benzene rings is 1. The summed E-state index contributed by atoms with van der Waals surface area (Å²) in [4.78, 5) is 13.5. The van der Waals surface area contributed by atoms with Gasteiger partial charge in [0.15, 0.2) is 0 Å². The van der Waals surface area contributed by atoms with Crippen LogP contribution in [-0.4, -0.2) is 26.3 Å². The largest absolute Gasteiger partial charge is 0.453 e. The van der Waals surface area contributed by atoms with Crippen molar-refractivity contribution in [2.75, 3.05) is 30.4 Å². The van der Waals surface area contributed by atoms with Crippen molar-refractivity contribution in [2.45, 2.75) is 19.3 Å². The third-order valence-electron chi connectivity index (χ3n) is 3.09. The molecular weight excluding hydrogens is 252 g/mol. The third-order valence-corrected chi connectivity index (χ3v) is 3.42. The van der Waals surface area contributed by atoms with E-state index in [-0.39, 0.29) is 0 Å². The second-order valence-corrected chi connectivity index (χ2v) is 4.74. The Bertz CT molecular complexity index is 431. The number of methoxy groups -OCH3 is 1. The lowest BCUT2D eigenvalue weighted by molar-refractivity contribution is 0.187. The zero-order valence-electron chi connectivity index (χ0n) is 10.4. The number of anilines is 2. The summed E-state index contributed by atoms with van der Waals surface area (Å²) in [6.07, 6.45) is 3.20. The van der Waals surface area contributed by atoms with Gasteiger partial charge in [0.25, 0.3) is 0 Å². The van der Waals surface area contributed by atoms with Crippen LogP contribution in [0.1, 0.15) is 19.3 Å². The highest BCUT2D eigenvalue weighted by Gasteiger charge is 2.13. The lowest BCUT2D eigenvalue weighted by Crippen LogP contribution is -2.29. The van der Waals surface area contributed by atoms with Crippen LogP contribution >= 0.6 is 11.6 Å². The van der Waals surface area contributed by atoms with Crippen LogP contribution in [-0.2, 0) is 4.74 Å². The number of nitrogens with zero attached hydrogens (tertiary/aromatic N) is 1. The van der Waals surface area contributed by atoms with Gasteiger partial charge in [0.2, 0.25) is 0 Å². The molecule has 4 nitrogen and oxygen atoms in total. The molecule has 5 heteroatoms. The van der Waals surface area contributed by atoms with E-state index in [0.717, 1.165) is 18.8 Å². The summed E-state index contributed by atoms with van der Waals surface area (Å²) >= 11 is 6.05. The molecule has 0 saturated carbocycles. The highest BCUT2D eigenvalue weighted by molar-refractivity contribution is 6.33. The van der Waals surface area contributed by atoms with Gasteiger partial charge in [0.1, 0.15) is 0 Å². The normalized spacial score (nSPS) is 15.3. The predicted octanol–water partition coefficient (Wildman–Crippen LogP) is 3.51. The maximum absolute atomic E-state index is 11.2. The van der Waals surface area contributed by atoms with Gasteiger partial charge in [-0.15, -0.1) is 0 Å². The quantitative estimate of drug-likeness (QED) is 0.892. The van der Waals surface area contributed by atoms with Gasteiger partial charge in [-0.1, -0.05) is 11.6 Å². The summed E-state index contributed by atoms with van der Waals surface area (Å²) in [6, 6.07) is 5.68. The molecule has 1 aromatic rings. The summed E-state index contributed by atoms with van der Waals surface area (Å²) in [6.45, 7) is 2.11. The fourth-order valence-electron chi connectivity index (χ4n) is 2.12. The van der Waals surface area contributed by atoms with Gasteiger partial charge in [0.05, 0.1) is 17.8 Å². The number of ether oxygens (including phenoxy) is 1. The number of nitrogens with one attached hydrogen (secondary N) is 1. The van der Waals surface area contributed by atoms with Crippen molar-refractivity contribution in [3.05, 3.63) is 23.2 Å². The number of rotatable bonds is 2. The van der Waals surface area contributed by atoms with E-state index in [4.69, 9.17) is 11.6 Å². The van der Waals surface area contributed by atoms with Gasteiger partial charge in [-0.25, -0.2) is 4.79 Å². The Morgan fingerprint density at radius 2 is 2.06 bits per heavy atom. The fraction of sp³-hybridized carbons (Fsp3) is 0.462. The summed E-state index contributed by atoms with van der Waals surface area (Å²) in [5, 5.41) is 3.13. The van der Waals surface area contributed by atoms with Crippen molar-refractivity contribution < 1.29 is 9.53 Å². The molecule has 18 heavy (non-hydrogen) atoms. The van der Waals surface area contributed by atoms with Crippen LogP contribution in [0.2, 0.25) is 5.02 Å². The summed E-state index contributed by atoms with van der Waals surface area (Å²) in [5.41, 5.74) is 1.68. The van der Waals surface area contributed by atoms with E-state index in [9.17, 15) is 4.79 Å². The minimum Gasteiger partial charge on any atom is -0.453 e. The molecule has 1 heterocycles. The maximum atomic E-state index is 11.2. The molecule has 0 unspecified atom stereocenters. The van der Waals surface area contributed by atoms with E-state index in [0.29, 0.717) is 10.7 Å². The van der Waals surface area contributed by atoms with Gasteiger partial charge in [-0.05, 0) is 37.5 Å². The van der Waals surface area contributed by atoms with Gasteiger partial charge in [0, 0.05) is 18.8 Å². The molecular formula is C13H17ClN2O2. The fourth-order valence-corrected chi connectivity index (χ4v) is 2.28. The third kappa shape index (κ3) is 3.07. The lowest BCUT2D eigenvalue weighted by atomic mass is 10.1. The van der Waals surface area contributed by atoms with Crippen LogP contribution in [0.3, 0.4) is 0 Å². The first-order valence-electron chi connectivity index (χ1n) is 6.10. The number of halogens is 1. The average Bonchev–Trinajstić information content (AvgIpc) is 2.42. The smallest absolute Gasteiger partial charge is 0.411 e. The number of piperidine rings is 1. The average molecular weight is 269 g/mol. The van der Waals surface area contributed by atoms with Crippen molar-refractivity contribution in [3.8, 4) is 0 Å². The molecule has 0 bridgehead atoms. The molecule has 2 rings (SSSR count). The van der Waals surface area contributed by atoms with Crippen molar-refractivity contribution in [1.29, 1.82) is 0 Å². The Morgan fingerprint density at radius 1 is 1.33 bits per heavy atom. The Kier molecular flexibility index (Phi) is 4.31. The molecule has 1 fully saturated rings. The molecule has 0 radical (unpaired) electrons. The molecule has 98 valence electrons. The minimum absolute atomic E-state index is 0.507. The van der Waals surface area contributed by atoms with E-state index >= 15 is 0 Å². The molecule has 1 amide bonds. The molecule has 1 saturated heterocycles. The van der Waals surface area contributed by atoms with E-state index in [1.165, 1.54) is 26.4 Å². The molecule has 0 aromatic heterocycles. The Morgan fingerprint density at radius 3 is 2.72 bits per heavy atom. The van der Waals surface area contributed by atoms with Crippen molar-refractivity contribution in [1.82, 2.24) is 0 Å². The van der Waals surface area contributed by atoms with Crippen LogP contribution in [0.25, 0.3) is 0 Å². The van der Waals surface area contributed by atoms with E-state index in [1.807, 2.05) is 12.1 Å². The molecule has 0 atom stereocenters. The van der Waals surface area contributed by atoms with Crippen LogP contribution in [0.4, 0.5) is 16.2 Å². The van der Waals surface area contributed by atoms with Crippen molar-refractivity contribution in [2.24, 2.45) is 0 Å².